The van der Waals surface area contributed by atoms with Gasteiger partial charge in [-0.25, -0.2) is 14.8 Å². The number of hydrogen-bond donors (Lipinski definition) is 4. The molecule has 1 amide bonds. The number of carbonyl (C=O) groups excluding carboxylic acids is 1. The van der Waals surface area contributed by atoms with Crippen LogP contribution in [0.1, 0.15) is 43.6 Å². The van der Waals surface area contributed by atoms with Crippen LogP contribution >= 0.6 is 11.3 Å². The molecule has 0 unspecified atom stereocenters. The molecule has 0 spiro atoms. The van der Waals surface area contributed by atoms with Crippen LogP contribution in [0.15, 0.2) is 67.0 Å². The van der Waals surface area contributed by atoms with Crippen molar-refractivity contribution in [3.63, 3.8) is 0 Å². The number of anilines is 4. The smallest absolute Gasteiger partial charge is 0.416 e. The first-order chi connectivity index (χ1) is 21.4. The summed E-state index contributed by atoms with van der Waals surface area (Å²) in [5.41, 5.74) is 7.01. The summed E-state index contributed by atoms with van der Waals surface area (Å²) < 4.78 is 41.1. The highest BCUT2D eigenvalue weighted by Gasteiger charge is 2.34. The van der Waals surface area contributed by atoms with Gasteiger partial charge in [-0.2, -0.15) is 13.2 Å². The number of benzene rings is 2. The number of pyridine rings is 1. The number of carbonyl (C=O) groups is 2. The Labute approximate surface area is 262 Å². The van der Waals surface area contributed by atoms with E-state index < -0.39 is 23.6 Å². The molecule has 4 aromatic rings. The Morgan fingerprint density at radius 3 is 2.36 bits per heavy atom. The predicted octanol–water partition coefficient (Wildman–Crippen LogP) is 5.97. The molecule has 2 aromatic heterocycles. The van der Waals surface area contributed by atoms with Gasteiger partial charge >= 0.3 is 12.1 Å². The lowest BCUT2D eigenvalue weighted by molar-refractivity contribution is -0.138. The van der Waals surface area contributed by atoms with Gasteiger partial charge in [0.2, 0.25) is 0 Å². The highest BCUT2D eigenvalue weighted by molar-refractivity contribution is 7.17. The van der Waals surface area contributed by atoms with Gasteiger partial charge in [0, 0.05) is 55.9 Å². The Kier molecular flexibility index (Phi) is 11.1. The second-order valence-corrected chi connectivity index (χ2v) is 11.3. The number of hydrogen-bond acceptors (Lipinski definition) is 9. The lowest BCUT2D eigenvalue weighted by atomic mass is 10.0. The van der Waals surface area contributed by atoms with Gasteiger partial charge in [-0.15, -0.1) is 0 Å². The number of carboxylic acids is 1. The summed E-state index contributed by atoms with van der Waals surface area (Å²) in [6, 6.07) is 14.2. The first-order valence-corrected chi connectivity index (χ1v) is 14.9. The number of halogens is 3. The van der Waals surface area contributed by atoms with E-state index >= 15 is 0 Å². The molecule has 1 aliphatic heterocycles. The van der Waals surface area contributed by atoms with Crippen LogP contribution in [0.4, 0.5) is 35.5 Å². The van der Waals surface area contributed by atoms with Gasteiger partial charge < -0.3 is 26.4 Å². The molecule has 10 nitrogen and oxygen atoms in total. The van der Waals surface area contributed by atoms with Crippen molar-refractivity contribution in [1.29, 1.82) is 0 Å². The molecule has 5 N–H and O–H groups in total. The fourth-order valence-corrected chi connectivity index (χ4v) is 5.18. The topological polar surface area (TPSA) is 137 Å². The molecule has 2 aromatic carbocycles. The summed E-state index contributed by atoms with van der Waals surface area (Å²) in [5.74, 6) is -0.933. The van der Waals surface area contributed by atoms with Gasteiger partial charge in [-0.3, -0.25) is 9.69 Å². The molecule has 0 bridgehead atoms. The largest absolute Gasteiger partial charge is 0.477 e. The zero-order valence-electron chi connectivity index (χ0n) is 24.8. The van der Waals surface area contributed by atoms with Crippen LogP contribution in [0.5, 0.6) is 0 Å². The van der Waals surface area contributed by atoms with E-state index in [4.69, 9.17) is 10.8 Å². The predicted molar refractivity (Wildman–Crippen MR) is 169 cm³/mol. The maximum Gasteiger partial charge on any atom is 0.416 e. The number of piperazine rings is 1. The van der Waals surface area contributed by atoms with Crippen molar-refractivity contribution in [2.75, 3.05) is 49.1 Å². The monoisotopic (exact) mass is 641 g/mol. The van der Waals surface area contributed by atoms with Crippen molar-refractivity contribution < 1.29 is 27.9 Å². The lowest BCUT2D eigenvalue weighted by Gasteiger charge is -2.34. The highest BCUT2D eigenvalue weighted by Crippen LogP contribution is 2.34. The standard InChI is InChI=1S/C22H27F3N4O.C9H7N3O2S/c1-3-28-8-10-29(11-9-28)14-17-6-5-16(12-19(17)22(23,24)25)21(30)27-18-7-4-15(2)20(26)13-18;13-8(14)6-5-11-9(15-6)12-7-3-1-2-4-10-7/h4-7,12-13H,3,8-11,14,26H2,1-2H3,(H,27,30);1-5H,(H,13,14)(H,10,11,12). The minimum atomic E-state index is -4.54. The highest BCUT2D eigenvalue weighted by atomic mass is 32.1. The number of aromatic nitrogens is 2. The van der Waals surface area contributed by atoms with Crippen molar-refractivity contribution in [3.8, 4) is 0 Å². The second-order valence-electron chi connectivity index (χ2n) is 10.3. The van der Waals surface area contributed by atoms with E-state index in [1.165, 1.54) is 18.3 Å². The molecule has 5 rings (SSSR count). The molecule has 0 aliphatic carbocycles. The van der Waals surface area contributed by atoms with E-state index in [1.54, 1.807) is 36.5 Å². The van der Waals surface area contributed by atoms with E-state index in [2.05, 4.69) is 32.4 Å². The molecule has 3 heterocycles. The van der Waals surface area contributed by atoms with E-state index in [0.717, 1.165) is 55.7 Å². The molecule has 0 radical (unpaired) electrons. The van der Waals surface area contributed by atoms with E-state index in [-0.39, 0.29) is 22.5 Å². The van der Waals surface area contributed by atoms with Crippen LogP contribution in [-0.4, -0.2) is 69.5 Å². The third-order valence-electron chi connectivity index (χ3n) is 7.14. The maximum atomic E-state index is 13.7. The van der Waals surface area contributed by atoms with Crippen molar-refractivity contribution >= 4 is 45.5 Å². The van der Waals surface area contributed by atoms with Gasteiger partial charge in [0.05, 0.1) is 11.8 Å². The SMILES string of the molecule is CCN1CCN(Cc2ccc(C(=O)Nc3ccc(C)c(N)c3)cc2C(F)(F)F)CC1.O=C(O)c1cnc(Nc2ccccn2)s1. The Morgan fingerprint density at radius 2 is 1.76 bits per heavy atom. The normalized spacial score (nSPS) is 13.9. The van der Waals surface area contributed by atoms with Crippen molar-refractivity contribution in [1.82, 2.24) is 19.8 Å². The molecule has 1 aliphatic rings. The van der Waals surface area contributed by atoms with Gasteiger partial charge in [-0.05, 0) is 61.0 Å². The number of aromatic carboxylic acids is 1. The van der Waals surface area contributed by atoms with Crippen LogP contribution < -0.4 is 16.4 Å². The van der Waals surface area contributed by atoms with E-state index in [0.29, 0.717) is 22.3 Å². The summed E-state index contributed by atoms with van der Waals surface area (Å²) in [6.45, 7) is 8.20. The van der Waals surface area contributed by atoms with Crippen LogP contribution in [0.2, 0.25) is 0 Å². The molecule has 238 valence electrons. The summed E-state index contributed by atoms with van der Waals surface area (Å²) in [5, 5.41) is 14.7. The van der Waals surface area contributed by atoms with Gasteiger partial charge in [-0.1, -0.05) is 36.5 Å². The average molecular weight is 642 g/mol. The third kappa shape index (κ3) is 9.48. The molecule has 1 saturated heterocycles. The van der Waals surface area contributed by atoms with Crippen LogP contribution in [-0.2, 0) is 12.7 Å². The number of nitrogens with zero attached hydrogens (tertiary/aromatic N) is 4. The number of nitrogens with two attached hydrogens (primary N) is 1. The maximum absolute atomic E-state index is 13.7. The molecule has 14 heteroatoms. The summed E-state index contributed by atoms with van der Waals surface area (Å²) in [6.07, 6.45) is -1.57. The van der Waals surface area contributed by atoms with Gasteiger partial charge in [0.25, 0.3) is 5.91 Å². The number of rotatable bonds is 8. The fourth-order valence-electron chi connectivity index (χ4n) is 4.52. The number of alkyl halides is 3. The van der Waals surface area contributed by atoms with Crippen LogP contribution in [0, 0.1) is 6.92 Å². The van der Waals surface area contributed by atoms with E-state index in [9.17, 15) is 22.8 Å². The average Bonchev–Trinajstić information content (AvgIpc) is 3.49. The number of likely N-dealkylation sites (N-methyl/N-ethyl adjacent to an activating group) is 1. The number of amides is 1. The first-order valence-electron chi connectivity index (χ1n) is 14.1. The molecule has 0 saturated carbocycles. The zero-order valence-corrected chi connectivity index (χ0v) is 25.6. The molecule has 1 fully saturated rings. The molecular weight excluding hydrogens is 607 g/mol. The van der Waals surface area contributed by atoms with Crippen LogP contribution in [0.3, 0.4) is 0 Å². The minimum absolute atomic E-state index is 0.0407. The van der Waals surface area contributed by atoms with Crippen LogP contribution in [0.25, 0.3) is 0 Å². The molecule has 45 heavy (non-hydrogen) atoms. The Bertz CT molecular complexity index is 1610. The van der Waals surface area contributed by atoms with Crippen molar-refractivity contribution in [2.24, 2.45) is 0 Å². The van der Waals surface area contributed by atoms with Gasteiger partial charge in [0.1, 0.15) is 10.7 Å². The first kappa shape index (κ1) is 33.4. The second kappa shape index (κ2) is 15.0. The van der Waals surface area contributed by atoms with Crippen molar-refractivity contribution in [3.05, 3.63) is 94.1 Å². The fraction of sp³-hybridized carbons (Fsp3) is 0.290. The Hall–Kier alpha value is -4.53. The quantitative estimate of drug-likeness (QED) is 0.172. The number of nitrogen functional groups attached to an aromatic ring is 1. The number of carboxylic acid groups (broad SMARTS) is 1. The summed E-state index contributed by atoms with van der Waals surface area (Å²) >= 11 is 1.07. The summed E-state index contributed by atoms with van der Waals surface area (Å²) in [4.78, 5) is 35.6. The Balaban J connectivity index is 0.000000256. The number of aryl methyl sites for hydroxylation is 1. The van der Waals surface area contributed by atoms with E-state index in [1.807, 2.05) is 17.9 Å². The third-order valence-corrected chi connectivity index (χ3v) is 8.04. The molecule has 0 atom stereocenters. The zero-order chi connectivity index (χ0) is 32.6. The number of thiazole rings is 1. The Morgan fingerprint density at radius 1 is 1.02 bits per heavy atom. The lowest BCUT2D eigenvalue weighted by Crippen LogP contribution is -2.45. The summed E-state index contributed by atoms with van der Waals surface area (Å²) in [7, 11) is 0. The van der Waals surface area contributed by atoms with Gasteiger partial charge in [0.15, 0.2) is 5.13 Å². The minimum Gasteiger partial charge on any atom is -0.477 e. The molecular formula is C31H34F3N7O3S. The number of nitrogens with one attached hydrogen (secondary N) is 2. The van der Waals surface area contributed by atoms with Crippen molar-refractivity contribution in [2.45, 2.75) is 26.6 Å².